The topological polar surface area (TPSA) is 108 Å². The van der Waals surface area contributed by atoms with Crippen LogP contribution >= 0.6 is 7.82 Å². The van der Waals surface area contributed by atoms with E-state index >= 15 is 0 Å². The highest BCUT2D eigenvalue weighted by Gasteiger charge is 2.24. The number of quaternary nitrogens is 1. The number of rotatable bonds is 40. The molecule has 0 bridgehead atoms. The van der Waals surface area contributed by atoms with Gasteiger partial charge >= 0.3 is 0 Å². The predicted molar refractivity (Wildman–Crippen MR) is 228 cm³/mol. The first-order chi connectivity index (χ1) is 26.0. The van der Waals surface area contributed by atoms with Gasteiger partial charge in [-0.2, -0.15) is 0 Å². The van der Waals surface area contributed by atoms with Crippen LogP contribution in [0, 0.1) is 0 Å². The van der Waals surface area contributed by atoms with E-state index in [0.29, 0.717) is 23.9 Å². The number of aliphatic hydroxyl groups excluding tert-OH is 1. The van der Waals surface area contributed by atoms with E-state index in [1.54, 1.807) is 0 Å². The fourth-order valence-electron chi connectivity index (χ4n) is 6.35. The Balaban J connectivity index is 4.38. The highest BCUT2D eigenvalue weighted by Crippen LogP contribution is 2.38. The Morgan fingerprint density at radius 2 is 1.13 bits per heavy atom. The van der Waals surface area contributed by atoms with Crippen molar-refractivity contribution < 1.29 is 32.9 Å². The molecule has 0 heterocycles. The van der Waals surface area contributed by atoms with E-state index in [1.165, 1.54) is 103 Å². The van der Waals surface area contributed by atoms with Crippen LogP contribution in [0.4, 0.5) is 0 Å². The maximum atomic E-state index is 12.9. The van der Waals surface area contributed by atoms with Crippen molar-refractivity contribution >= 4 is 13.7 Å². The summed E-state index contributed by atoms with van der Waals surface area (Å²) in [5.41, 5.74) is 0. The molecule has 0 rings (SSSR count). The van der Waals surface area contributed by atoms with Gasteiger partial charge in [0.25, 0.3) is 7.82 Å². The third-order valence-electron chi connectivity index (χ3n) is 9.89. The summed E-state index contributed by atoms with van der Waals surface area (Å²) in [7, 11) is 1.29. The Kier molecular flexibility index (Phi) is 36.4. The third-order valence-corrected chi connectivity index (χ3v) is 10.9. The number of phosphoric ester groups is 1. The first-order valence-corrected chi connectivity index (χ1v) is 23.8. The molecule has 0 spiro atoms. The highest BCUT2D eigenvalue weighted by molar-refractivity contribution is 7.45. The summed E-state index contributed by atoms with van der Waals surface area (Å²) >= 11 is 0. The molecule has 0 saturated heterocycles. The van der Waals surface area contributed by atoms with Crippen molar-refractivity contribution in [2.45, 2.75) is 206 Å². The molecule has 1 amide bonds. The minimum Gasteiger partial charge on any atom is -0.756 e. The van der Waals surface area contributed by atoms with Crippen molar-refractivity contribution in [3.8, 4) is 0 Å². The van der Waals surface area contributed by atoms with E-state index < -0.39 is 20.0 Å². The Bertz CT molecular complexity index is 980. The van der Waals surface area contributed by atoms with Crippen molar-refractivity contribution in [1.82, 2.24) is 5.32 Å². The largest absolute Gasteiger partial charge is 0.756 e. The Hall–Kier alpha value is -1.28. The smallest absolute Gasteiger partial charge is 0.268 e. The molecule has 2 N–H and O–H groups in total. The van der Waals surface area contributed by atoms with Crippen LogP contribution in [0.15, 0.2) is 36.5 Å². The minimum absolute atomic E-state index is 0.00940. The maximum Gasteiger partial charge on any atom is 0.268 e. The minimum atomic E-state index is -4.57. The number of carbonyl (C=O) groups excluding carboxylic acids is 1. The van der Waals surface area contributed by atoms with E-state index in [0.717, 1.165) is 64.2 Å². The van der Waals surface area contributed by atoms with Gasteiger partial charge in [-0.25, -0.2) is 0 Å². The van der Waals surface area contributed by atoms with E-state index in [1.807, 2.05) is 21.1 Å². The van der Waals surface area contributed by atoms with Gasteiger partial charge in [-0.15, -0.1) is 0 Å². The molecule has 0 aromatic carbocycles. The summed E-state index contributed by atoms with van der Waals surface area (Å²) in [6.07, 6.45) is 44.2. The number of nitrogens with zero attached hydrogens (tertiary/aromatic N) is 1. The number of carbonyl (C=O) groups is 1. The number of likely N-dealkylation sites (N-methyl/N-ethyl adjacent to an activating group) is 1. The van der Waals surface area contributed by atoms with E-state index in [9.17, 15) is 19.4 Å². The fourth-order valence-corrected chi connectivity index (χ4v) is 7.07. The molecule has 8 nitrogen and oxygen atoms in total. The molecule has 318 valence electrons. The lowest BCUT2D eigenvalue weighted by Crippen LogP contribution is -2.46. The standard InChI is InChI=1S/C45H87N2O6P/c1-6-8-10-12-14-16-18-20-22-23-25-27-29-31-33-35-37-39-45(49)46-43(42-53-54(50,51)52-41-40-47(3,4)5)44(48)38-36-34-32-30-28-26-24-21-19-17-15-13-11-9-7-2/h8,10,14,16,20,22,43-44,48H,6-7,9,11-13,15,17-19,21,23-42H2,1-5H3,(H-,46,49,50,51)/b10-8-,16-14-,22-20-. The second kappa shape index (κ2) is 37.3. The molecule has 0 saturated carbocycles. The SMILES string of the molecule is CC/C=C\C/C=C\C/C=C\CCCCCCCCCC(=O)NC(COP(=O)([O-])OCC[N+](C)(C)C)C(O)CCCCCCCCCCCCCCCCC. The number of nitrogens with one attached hydrogen (secondary N) is 1. The van der Waals surface area contributed by atoms with Crippen molar-refractivity contribution in [3.63, 3.8) is 0 Å². The molecule has 0 aromatic rings. The lowest BCUT2D eigenvalue weighted by Gasteiger charge is -2.30. The molecule has 0 aliphatic rings. The van der Waals surface area contributed by atoms with Gasteiger partial charge in [-0.1, -0.05) is 179 Å². The summed E-state index contributed by atoms with van der Waals surface area (Å²) in [4.78, 5) is 25.3. The molecule has 0 aliphatic carbocycles. The van der Waals surface area contributed by atoms with Crippen LogP contribution in [-0.2, 0) is 18.4 Å². The van der Waals surface area contributed by atoms with Crippen LogP contribution in [0.2, 0.25) is 0 Å². The highest BCUT2D eigenvalue weighted by atomic mass is 31.2. The summed E-state index contributed by atoms with van der Waals surface area (Å²) in [5, 5.41) is 13.9. The number of phosphoric acid groups is 1. The summed E-state index contributed by atoms with van der Waals surface area (Å²) in [6.45, 7) is 4.60. The number of amides is 1. The summed E-state index contributed by atoms with van der Waals surface area (Å²) in [6, 6.07) is -0.804. The van der Waals surface area contributed by atoms with E-state index in [2.05, 4.69) is 55.6 Å². The van der Waals surface area contributed by atoms with Gasteiger partial charge in [0.2, 0.25) is 5.91 Å². The quantitative estimate of drug-likeness (QED) is 0.0277. The van der Waals surface area contributed by atoms with Gasteiger partial charge in [-0.3, -0.25) is 9.36 Å². The fraction of sp³-hybridized carbons (Fsp3) is 0.844. The molecule has 0 aliphatic heterocycles. The van der Waals surface area contributed by atoms with Crippen molar-refractivity contribution in [3.05, 3.63) is 36.5 Å². The van der Waals surface area contributed by atoms with Crippen molar-refractivity contribution in [2.75, 3.05) is 40.9 Å². The van der Waals surface area contributed by atoms with Crippen LogP contribution < -0.4 is 10.2 Å². The molecule has 3 unspecified atom stereocenters. The lowest BCUT2D eigenvalue weighted by atomic mass is 10.0. The van der Waals surface area contributed by atoms with Crippen LogP contribution in [0.3, 0.4) is 0 Å². The normalized spacial score (nSPS) is 14.7. The number of hydrogen-bond donors (Lipinski definition) is 2. The number of allylic oxidation sites excluding steroid dienone is 6. The van der Waals surface area contributed by atoms with E-state index in [-0.39, 0.29) is 19.1 Å². The number of aliphatic hydroxyl groups is 1. The van der Waals surface area contributed by atoms with Gasteiger partial charge in [0.05, 0.1) is 39.9 Å². The molecule has 3 atom stereocenters. The maximum absolute atomic E-state index is 12.9. The van der Waals surface area contributed by atoms with E-state index in [4.69, 9.17) is 9.05 Å². The monoisotopic (exact) mass is 783 g/mol. The molecule has 0 radical (unpaired) electrons. The van der Waals surface area contributed by atoms with Gasteiger partial charge in [-0.05, 0) is 44.9 Å². The van der Waals surface area contributed by atoms with Gasteiger partial charge in [0.15, 0.2) is 0 Å². The zero-order valence-electron chi connectivity index (χ0n) is 35.9. The predicted octanol–water partition coefficient (Wildman–Crippen LogP) is 11.7. The second-order valence-electron chi connectivity index (χ2n) is 16.4. The molecule has 54 heavy (non-hydrogen) atoms. The molecular weight excluding hydrogens is 695 g/mol. The molecule has 9 heteroatoms. The molecule has 0 fully saturated rings. The van der Waals surface area contributed by atoms with Crippen LogP contribution in [0.1, 0.15) is 194 Å². The first-order valence-electron chi connectivity index (χ1n) is 22.3. The zero-order chi connectivity index (χ0) is 40.0. The lowest BCUT2D eigenvalue weighted by molar-refractivity contribution is -0.870. The van der Waals surface area contributed by atoms with Gasteiger partial charge in [0.1, 0.15) is 13.2 Å². The second-order valence-corrected chi connectivity index (χ2v) is 17.8. The van der Waals surface area contributed by atoms with Gasteiger partial charge in [0, 0.05) is 6.42 Å². The third kappa shape index (κ3) is 39.0. The van der Waals surface area contributed by atoms with Crippen molar-refractivity contribution in [2.24, 2.45) is 0 Å². The number of unbranched alkanes of at least 4 members (excludes halogenated alkanes) is 21. The average molecular weight is 783 g/mol. The Morgan fingerprint density at radius 1 is 0.667 bits per heavy atom. The van der Waals surface area contributed by atoms with Crippen LogP contribution in [-0.4, -0.2) is 68.5 Å². The zero-order valence-corrected chi connectivity index (χ0v) is 36.8. The Morgan fingerprint density at radius 3 is 1.65 bits per heavy atom. The van der Waals surface area contributed by atoms with Gasteiger partial charge < -0.3 is 28.8 Å². The van der Waals surface area contributed by atoms with Crippen molar-refractivity contribution in [1.29, 1.82) is 0 Å². The first kappa shape index (κ1) is 52.7. The molecular formula is C45H87N2O6P. The van der Waals surface area contributed by atoms with Crippen LogP contribution in [0.25, 0.3) is 0 Å². The van der Waals surface area contributed by atoms with Crippen LogP contribution in [0.5, 0.6) is 0 Å². The summed E-state index contributed by atoms with van der Waals surface area (Å²) in [5.74, 6) is -0.176. The summed E-state index contributed by atoms with van der Waals surface area (Å²) < 4.78 is 23.3. The number of hydrogen-bond acceptors (Lipinski definition) is 6. The molecule has 0 aromatic heterocycles. The average Bonchev–Trinajstić information content (AvgIpc) is 3.12. The Labute approximate surface area is 334 Å².